The number of nitrogens with one attached hydrogen (secondary N) is 1. The molecule has 0 atom stereocenters. The Kier molecular flexibility index (Phi) is 5.53. The third-order valence-electron chi connectivity index (χ3n) is 4.98. The van der Waals surface area contributed by atoms with Crippen molar-refractivity contribution < 1.29 is 17.6 Å². The van der Waals surface area contributed by atoms with E-state index in [2.05, 4.69) is 10.3 Å². The summed E-state index contributed by atoms with van der Waals surface area (Å²) in [5.41, 5.74) is 2.41. The van der Waals surface area contributed by atoms with Crippen molar-refractivity contribution >= 4 is 43.0 Å². The molecule has 0 bridgehead atoms. The molecule has 0 unspecified atom stereocenters. The van der Waals surface area contributed by atoms with Crippen molar-refractivity contribution in [2.75, 3.05) is 5.32 Å². The van der Waals surface area contributed by atoms with Gasteiger partial charge in [-0.15, -0.1) is 11.3 Å². The molecule has 2 heterocycles. The molecule has 6 nitrogen and oxygen atoms in total. The van der Waals surface area contributed by atoms with Gasteiger partial charge in [0.15, 0.2) is 15.6 Å². The van der Waals surface area contributed by atoms with E-state index < -0.39 is 15.7 Å². The normalized spacial score (nSPS) is 11.5. The Labute approximate surface area is 194 Å². The third kappa shape index (κ3) is 4.57. The van der Waals surface area contributed by atoms with E-state index in [1.165, 1.54) is 24.3 Å². The number of hydrogen-bond acceptors (Lipinski definition) is 6. The molecule has 0 radical (unpaired) electrons. The highest BCUT2D eigenvalue weighted by Crippen LogP contribution is 2.31. The largest absolute Gasteiger partial charge is 0.455 e. The lowest BCUT2D eigenvalue weighted by Crippen LogP contribution is -2.11. The third-order valence-corrected chi connectivity index (χ3v) is 7.72. The number of amides is 1. The van der Waals surface area contributed by atoms with Crippen LogP contribution in [0.3, 0.4) is 0 Å². The van der Waals surface area contributed by atoms with Gasteiger partial charge in [-0.3, -0.25) is 4.79 Å². The van der Waals surface area contributed by atoms with E-state index in [1.54, 1.807) is 35.6 Å². The highest BCUT2D eigenvalue weighted by Gasteiger charge is 2.19. The van der Waals surface area contributed by atoms with Crippen LogP contribution in [0, 0.1) is 0 Å². The number of fused-ring (bicyclic) bond motifs is 1. The van der Waals surface area contributed by atoms with Crippen molar-refractivity contribution in [3.63, 3.8) is 0 Å². The highest BCUT2D eigenvalue weighted by atomic mass is 32.2. The fourth-order valence-electron chi connectivity index (χ4n) is 3.39. The molecule has 0 aliphatic rings. The lowest BCUT2D eigenvalue weighted by atomic mass is 10.2. The van der Waals surface area contributed by atoms with E-state index in [-0.39, 0.29) is 22.2 Å². The number of aromatic nitrogens is 1. The number of nitrogens with zero attached hydrogens (tertiary/aromatic N) is 1. The predicted octanol–water partition coefficient (Wildman–Crippen LogP) is 5.78. The summed E-state index contributed by atoms with van der Waals surface area (Å²) in [6.45, 7) is 0. The Morgan fingerprint density at radius 3 is 2.52 bits per heavy atom. The van der Waals surface area contributed by atoms with E-state index in [4.69, 9.17) is 4.42 Å². The van der Waals surface area contributed by atoms with Gasteiger partial charge in [0.25, 0.3) is 5.91 Å². The average Bonchev–Trinajstić information content (AvgIpc) is 3.47. The van der Waals surface area contributed by atoms with Crippen LogP contribution in [0.1, 0.15) is 16.3 Å². The Bertz CT molecular complexity index is 1520. The zero-order valence-corrected chi connectivity index (χ0v) is 18.9. The summed E-state index contributed by atoms with van der Waals surface area (Å²) in [6, 6.07) is 26.4. The van der Waals surface area contributed by atoms with Gasteiger partial charge < -0.3 is 9.73 Å². The van der Waals surface area contributed by atoms with E-state index in [0.29, 0.717) is 5.69 Å². The van der Waals surface area contributed by atoms with Crippen LogP contribution in [-0.4, -0.2) is 19.3 Å². The molecule has 164 valence electrons. The molecule has 5 rings (SSSR count). The summed E-state index contributed by atoms with van der Waals surface area (Å²) in [5, 5.41) is 3.66. The second-order valence-electron chi connectivity index (χ2n) is 7.36. The molecule has 0 spiro atoms. The predicted molar refractivity (Wildman–Crippen MR) is 129 cm³/mol. The molecular formula is C25H18N2O4S2. The minimum Gasteiger partial charge on any atom is -0.455 e. The molecule has 2 aromatic heterocycles. The smallest absolute Gasteiger partial charge is 0.291 e. The van der Waals surface area contributed by atoms with Crippen LogP contribution in [-0.2, 0) is 15.6 Å². The van der Waals surface area contributed by atoms with Crippen LogP contribution in [0.25, 0.3) is 20.8 Å². The van der Waals surface area contributed by atoms with Crippen molar-refractivity contribution in [1.82, 2.24) is 4.98 Å². The lowest BCUT2D eigenvalue weighted by molar-refractivity contribution is 0.0995. The minimum atomic E-state index is -3.56. The number of para-hydroxylation sites is 1. The van der Waals surface area contributed by atoms with Gasteiger partial charge >= 0.3 is 0 Å². The molecule has 3 aromatic carbocycles. The van der Waals surface area contributed by atoms with Crippen LogP contribution in [0.4, 0.5) is 5.69 Å². The first-order valence-electron chi connectivity index (χ1n) is 10.1. The number of furan rings is 1. The molecule has 8 heteroatoms. The number of sulfone groups is 1. The second-order valence-corrected chi connectivity index (χ2v) is 10.4. The van der Waals surface area contributed by atoms with Crippen molar-refractivity contribution in [3.05, 3.63) is 103 Å². The fraction of sp³-hybridized carbons (Fsp3) is 0.0400. The van der Waals surface area contributed by atoms with E-state index >= 15 is 0 Å². The maximum absolute atomic E-state index is 12.7. The topological polar surface area (TPSA) is 89.3 Å². The van der Waals surface area contributed by atoms with Crippen molar-refractivity contribution in [2.45, 2.75) is 10.6 Å². The molecule has 0 aliphatic carbocycles. The maximum Gasteiger partial charge on any atom is 0.291 e. The molecule has 1 N–H and O–H groups in total. The lowest BCUT2D eigenvalue weighted by Gasteiger charge is -2.05. The highest BCUT2D eigenvalue weighted by molar-refractivity contribution is 7.90. The van der Waals surface area contributed by atoms with Gasteiger partial charge in [0.2, 0.25) is 0 Å². The van der Waals surface area contributed by atoms with Crippen LogP contribution in [0.2, 0.25) is 0 Å². The van der Waals surface area contributed by atoms with Gasteiger partial charge in [0.1, 0.15) is 16.5 Å². The van der Waals surface area contributed by atoms with Gasteiger partial charge in [-0.1, -0.05) is 42.5 Å². The first-order valence-corrected chi connectivity index (χ1v) is 12.6. The van der Waals surface area contributed by atoms with E-state index in [0.717, 1.165) is 20.8 Å². The van der Waals surface area contributed by atoms with Crippen LogP contribution in [0.15, 0.2) is 100 Å². The number of thiazole rings is 1. The second kappa shape index (κ2) is 8.65. The summed E-state index contributed by atoms with van der Waals surface area (Å²) in [6.07, 6.45) is 0. The van der Waals surface area contributed by atoms with Gasteiger partial charge in [0, 0.05) is 11.3 Å². The molecular weight excluding hydrogens is 456 g/mol. The Morgan fingerprint density at radius 2 is 1.70 bits per heavy atom. The summed E-state index contributed by atoms with van der Waals surface area (Å²) < 4.78 is 31.7. The first kappa shape index (κ1) is 21.1. The summed E-state index contributed by atoms with van der Waals surface area (Å²) in [4.78, 5) is 17.5. The van der Waals surface area contributed by atoms with E-state index in [1.807, 2.05) is 42.5 Å². The minimum absolute atomic E-state index is 0.0404. The van der Waals surface area contributed by atoms with Crippen LogP contribution < -0.4 is 5.32 Å². The summed E-state index contributed by atoms with van der Waals surface area (Å²) in [5.74, 6) is -0.539. The Hall–Kier alpha value is -3.75. The zero-order valence-electron chi connectivity index (χ0n) is 17.3. The zero-order chi connectivity index (χ0) is 22.8. The molecule has 0 saturated heterocycles. The first-order chi connectivity index (χ1) is 16.0. The number of rotatable bonds is 6. The van der Waals surface area contributed by atoms with Crippen molar-refractivity contribution in [1.29, 1.82) is 0 Å². The molecule has 1 amide bonds. The van der Waals surface area contributed by atoms with E-state index in [9.17, 15) is 13.2 Å². The molecule has 0 aliphatic heterocycles. The van der Waals surface area contributed by atoms with Crippen LogP contribution >= 0.6 is 11.3 Å². The molecule has 5 aromatic rings. The SMILES string of the molecule is O=C(Nc1cccc(-c2nc3ccccc3s2)c1)c1ccc(CS(=O)(=O)c2ccccc2)o1. The van der Waals surface area contributed by atoms with Crippen molar-refractivity contribution in [3.8, 4) is 10.6 Å². The van der Waals surface area contributed by atoms with Gasteiger partial charge in [-0.25, -0.2) is 13.4 Å². The Morgan fingerprint density at radius 1 is 0.909 bits per heavy atom. The average molecular weight is 475 g/mol. The van der Waals surface area contributed by atoms with Crippen LogP contribution in [0.5, 0.6) is 0 Å². The Balaban J connectivity index is 1.31. The fourth-order valence-corrected chi connectivity index (χ4v) is 5.62. The van der Waals surface area contributed by atoms with Crippen molar-refractivity contribution in [2.24, 2.45) is 0 Å². The summed E-state index contributed by atoms with van der Waals surface area (Å²) >= 11 is 1.58. The number of hydrogen-bond donors (Lipinski definition) is 1. The molecule has 0 fully saturated rings. The van der Waals surface area contributed by atoms with Gasteiger partial charge in [-0.2, -0.15) is 0 Å². The van der Waals surface area contributed by atoms with Gasteiger partial charge in [-0.05, 0) is 48.5 Å². The molecule has 0 saturated carbocycles. The number of carbonyl (C=O) groups is 1. The molecule has 33 heavy (non-hydrogen) atoms. The maximum atomic E-state index is 12.7. The quantitative estimate of drug-likeness (QED) is 0.337. The monoisotopic (exact) mass is 474 g/mol. The number of carbonyl (C=O) groups excluding carboxylic acids is 1. The number of benzene rings is 3. The number of anilines is 1. The van der Waals surface area contributed by atoms with Gasteiger partial charge in [0.05, 0.1) is 15.1 Å². The summed E-state index contributed by atoms with van der Waals surface area (Å²) in [7, 11) is -3.56. The standard InChI is InChI=1S/C25H18N2O4S2/c28-24(22-14-13-19(31-22)16-33(29,30)20-9-2-1-3-10-20)26-18-8-6-7-17(15-18)25-27-21-11-4-5-12-23(21)32-25/h1-15H,16H2,(H,26,28).